The smallest absolute Gasteiger partial charge is 0.0190 e. The number of hydrogen-bond acceptors (Lipinski definition) is 1. The van der Waals surface area contributed by atoms with E-state index < -0.39 is 0 Å². The molecule has 74 valence electrons. The summed E-state index contributed by atoms with van der Waals surface area (Å²) in [5, 5.41) is 0. The Morgan fingerprint density at radius 3 is 2.64 bits per heavy atom. The molecule has 1 aromatic rings. The molecular weight excluding hydrogens is 170 g/mol. The third-order valence-electron chi connectivity index (χ3n) is 2.79. The number of rotatable bonds is 3. The lowest BCUT2D eigenvalue weighted by molar-refractivity contribution is 0.349. The van der Waals surface area contributed by atoms with Crippen LogP contribution in [0.3, 0.4) is 0 Å². The second-order valence-electron chi connectivity index (χ2n) is 4.01. The van der Waals surface area contributed by atoms with Crippen molar-refractivity contribution in [1.29, 1.82) is 0 Å². The summed E-state index contributed by atoms with van der Waals surface area (Å²) in [5.74, 6) is 0. The van der Waals surface area contributed by atoms with E-state index in [1.807, 2.05) is 0 Å². The van der Waals surface area contributed by atoms with Crippen molar-refractivity contribution in [2.24, 2.45) is 0 Å². The minimum absolute atomic E-state index is 1.10. The molecule has 1 heterocycles. The number of benzene rings is 1. The molecule has 1 saturated heterocycles. The summed E-state index contributed by atoms with van der Waals surface area (Å²) in [6.45, 7) is 7.49. The fourth-order valence-electron chi connectivity index (χ4n) is 1.91. The molecule has 0 atom stereocenters. The fourth-order valence-corrected chi connectivity index (χ4v) is 1.91. The van der Waals surface area contributed by atoms with Gasteiger partial charge in [0.15, 0.2) is 0 Å². The molecular formula is C13H17N. The highest BCUT2D eigenvalue weighted by molar-refractivity contribution is 5.15. The molecule has 14 heavy (non-hydrogen) atoms. The van der Waals surface area contributed by atoms with Crippen molar-refractivity contribution >= 4 is 0 Å². The van der Waals surface area contributed by atoms with Gasteiger partial charge in [0.25, 0.3) is 0 Å². The van der Waals surface area contributed by atoms with Crippen LogP contribution in [0.2, 0.25) is 0 Å². The number of hydrogen-bond donors (Lipinski definition) is 0. The van der Waals surface area contributed by atoms with Gasteiger partial charge in [0.05, 0.1) is 0 Å². The summed E-state index contributed by atoms with van der Waals surface area (Å²) in [4.78, 5) is 2.48. The molecule has 1 aliphatic rings. The van der Waals surface area contributed by atoms with Crippen LogP contribution in [0.5, 0.6) is 0 Å². The molecule has 0 radical (unpaired) electrons. The molecule has 0 aliphatic carbocycles. The van der Waals surface area contributed by atoms with Gasteiger partial charge in [0.1, 0.15) is 0 Å². The van der Waals surface area contributed by atoms with Crippen molar-refractivity contribution in [3.05, 3.63) is 48.0 Å². The van der Waals surface area contributed by atoms with E-state index in [0.29, 0.717) is 0 Å². The highest BCUT2D eigenvalue weighted by Crippen LogP contribution is 2.13. The molecule has 0 aromatic heterocycles. The lowest BCUT2D eigenvalue weighted by Crippen LogP contribution is -2.22. The Balaban J connectivity index is 1.80. The van der Waals surface area contributed by atoms with Crippen LogP contribution in [0.4, 0.5) is 0 Å². The Kier molecular flexibility index (Phi) is 3.00. The Hall–Kier alpha value is -1.08. The van der Waals surface area contributed by atoms with Gasteiger partial charge in [0, 0.05) is 19.6 Å². The van der Waals surface area contributed by atoms with Crippen molar-refractivity contribution in [2.45, 2.75) is 12.8 Å². The normalized spacial score (nSPS) is 17.6. The van der Waals surface area contributed by atoms with Gasteiger partial charge in [-0.3, -0.25) is 4.90 Å². The monoisotopic (exact) mass is 187 g/mol. The second kappa shape index (κ2) is 4.43. The molecule has 0 N–H and O–H groups in total. The first-order valence-electron chi connectivity index (χ1n) is 5.27. The third-order valence-corrected chi connectivity index (χ3v) is 2.79. The summed E-state index contributed by atoms with van der Waals surface area (Å²) < 4.78 is 0. The Morgan fingerprint density at radius 1 is 1.21 bits per heavy atom. The van der Waals surface area contributed by atoms with Gasteiger partial charge in [-0.25, -0.2) is 0 Å². The fraction of sp³-hybridized carbons (Fsp3) is 0.385. The summed E-state index contributed by atoms with van der Waals surface area (Å²) in [6.07, 6.45) is 2.35. The third kappa shape index (κ3) is 2.46. The van der Waals surface area contributed by atoms with Crippen LogP contribution in [0.15, 0.2) is 42.5 Å². The molecule has 2 rings (SSSR count). The minimum Gasteiger partial charge on any atom is -0.299 e. The number of nitrogens with zero attached hydrogens (tertiary/aromatic N) is 1. The number of likely N-dealkylation sites (tertiary alicyclic amines) is 1. The van der Waals surface area contributed by atoms with Crippen LogP contribution in [0, 0.1) is 0 Å². The van der Waals surface area contributed by atoms with Crippen LogP contribution in [-0.4, -0.2) is 24.5 Å². The molecule has 0 saturated carbocycles. The van der Waals surface area contributed by atoms with E-state index in [1.54, 1.807) is 0 Å². The summed E-state index contributed by atoms with van der Waals surface area (Å²) >= 11 is 0. The summed E-state index contributed by atoms with van der Waals surface area (Å²) in [5.41, 5.74) is 2.82. The molecule has 1 aliphatic heterocycles. The van der Waals surface area contributed by atoms with Crippen LogP contribution >= 0.6 is 0 Å². The maximum atomic E-state index is 4.02. The largest absolute Gasteiger partial charge is 0.299 e. The van der Waals surface area contributed by atoms with E-state index in [0.717, 1.165) is 13.0 Å². The van der Waals surface area contributed by atoms with Crippen LogP contribution in [-0.2, 0) is 6.42 Å². The van der Waals surface area contributed by atoms with E-state index in [1.165, 1.54) is 30.6 Å². The molecule has 0 unspecified atom stereocenters. The lowest BCUT2D eigenvalue weighted by atomic mass is 10.1. The minimum atomic E-state index is 1.10. The van der Waals surface area contributed by atoms with Crippen molar-refractivity contribution in [2.75, 3.05) is 19.6 Å². The predicted molar refractivity (Wildman–Crippen MR) is 60.3 cm³/mol. The topological polar surface area (TPSA) is 3.24 Å². The van der Waals surface area contributed by atoms with Gasteiger partial charge >= 0.3 is 0 Å². The Labute approximate surface area is 86.1 Å². The zero-order valence-corrected chi connectivity index (χ0v) is 8.58. The van der Waals surface area contributed by atoms with E-state index in [9.17, 15) is 0 Å². The van der Waals surface area contributed by atoms with Crippen molar-refractivity contribution in [3.63, 3.8) is 0 Å². The van der Waals surface area contributed by atoms with Gasteiger partial charge in [-0.05, 0) is 18.4 Å². The first kappa shape index (κ1) is 9.47. The quantitative estimate of drug-likeness (QED) is 0.657. The zero-order chi connectivity index (χ0) is 9.80. The van der Waals surface area contributed by atoms with Gasteiger partial charge in [0.2, 0.25) is 0 Å². The van der Waals surface area contributed by atoms with Crippen LogP contribution in [0.1, 0.15) is 12.0 Å². The van der Waals surface area contributed by atoms with Crippen LogP contribution in [0.25, 0.3) is 0 Å². The average molecular weight is 187 g/mol. The van der Waals surface area contributed by atoms with E-state index >= 15 is 0 Å². The molecule has 0 bridgehead atoms. The first-order chi connectivity index (χ1) is 6.84. The summed E-state index contributed by atoms with van der Waals surface area (Å²) in [7, 11) is 0. The molecule has 1 nitrogen and oxygen atoms in total. The van der Waals surface area contributed by atoms with Gasteiger partial charge < -0.3 is 0 Å². The Bertz CT molecular complexity index is 302. The molecule has 0 spiro atoms. The van der Waals surface area contributed by atoms with E-state index in [2.05, 4.69) is 41.8 Å². The molecule has 1 aromatic carbocycles. The van der Waals surface area contributed by atoms with Gasteiger partial charge in [-0.1, -0.05) is 42.5 Å². The Morgan fingerprint density at radius 2 is 2.00 bits per heavy atom. The van der Waals surface area contributed by atoms with Gasteiger partial charge in [-0.2, -0.15) is 0 Å². The second-order valence-corrected chi connectivity index (χ2v) is 4.01. The standard InChI is InChI=1S/C13H17N/c1-12-7-9-14(11-12)10-8-13-5-3-2-4-6-13/h2-6H,1,7-11H2. The van der Waals surface area contributed by atoms with Crippen molar-refractivity contribution < 1.29 is 0 Å². The van der Waals surface area contributed by atoms with Crippen LogP contribution < -0.4 is 0 Å². The van der Waals surface area contributed by atoms with E-state index in [4.69, 9.17) is 0 Å². The van der Waals surface area contributed by atoms with Gasteiger partial charge in [-0.15, -0.1) is 0 Å². The molecule has 1 heteroatoms. The molecule has 0 amide bonds. The maximum absolute atomic E-state index is 4.02. The molecule has 1 fully saturated rings. The highest BCUT2D eigenvalue weighted by Gasteiger charge is 2.13. The summed E-state index contributed by atoms with van der Waals surface area (Å²) in [6, 6.07) is 10.7. The van der Waals surface area contributed by atoms with Crippen molar-refractivity contribution in [3.8, 4) is 0 Å². The highest BCUT2D eigenvalue weighted by atomic mass is 15.1. The van der Waals surface area contributed by atoms with Crippen molar-refractivity contribution in [1.82, 2.24) is 4.90 Å². The average Bonchev–Trinajstić information content (AvgIpc) is 2.63. The van der Waals surface area contributed by atoms with E-state index in [-0.39, 0.29) is 0 Å². The first-order valence-corrected chi connectivity index (χ1v) is 5.27. The lowest BCUT2D eigenvalue weighted by Gasteiger charge is -2.13. The maximum Gasteiger partial charge on any atom is 0.0190 e. The SMILES string of the molecule is C=C1CCN(CCc2ccccc2)C1. The zero-order valence-electron chi connectivity index (χ0n) is 8.58. The predicted octanol–water partition coefficient (Wildman–Crippen LogP) is 2.49.